The average molecular weight is 336 g/mol. The lowest BCUT2D eigenvalue weighted by atomic mass is 10.2. The molecule has 0 spiro atoms. The van der Waals surface area contributed by atoms with Gasteiger partial charge >= 0.3 is 0 Å². The molecule has 0 fully saturated rings. The molecular formula is C20H24N4O. The van der Waals surface area contributed by atoms with E-state index >= 15 is 0 Å². The van der Waals surface area contributed by atoms with Crippen LogP contribution >= 0.6 is 0 Å². The Balaban J connectivity index is 1.60. The number of hydrogen-bond acceptors (Lipinski definition) is 3. The third-order valence-corrected chi connectivity index (χ3v) is 3.96. The van der Waals surface area contributed by atoms with Crippen molar-refractivity contribution in [2.45, 2.75) is 19.9 Å². The van der Waals surface area contributed by atoms with Crippen LogP contribution in [0.4, 0.5) is 0 Å². The van der Waals surface area contributed by atoms with Gasteiger partial charge in [-0.05, 0) is 24.1 Å². The number of rotatable bonds is 5. The van der Waals surface area contributed by atoms with Crippen molar-refractivity contribution in [1.29, 1.82) is 0 Å². The molecule has 0 amide bonds. The molecule has 0 saturated carbocycles. The van der Waals surface area contributed by atoms with Crippen molar-refractivity contribution < 1.29 is 4.42 Å². The van der Waals surface area contributed by atoms with Gasteiger partial charge in [0.2, 0.25) is 0 Å². The summed E-state index contributed by atoms with van der Waals surface area (Å²) in [6.45, 7) is 3.42. The number of aromatic nitrogens is 1. The van der Waals surface area contributed by atoms with Crippen LogP contribution in [0.2, 0.25) is 0 Å². The summed E-state index contributed by atoms with van der Waals surface area (Å²) in [6.07, 6.45) is 0.715. The quantitative estimate of drug-likeness (QED) is 0.573. The van der Waals surface area contributed by atoms with Gasteiger partial charge in [-0.2, -0.15) is 0 Å². The number of aliphatic imine (C=N–C) groups is 1. The van der Waals surface area contributed by atoms with Gasteiger partial charge in [0, 0.05) is 27.1 Å². The SMILES string of the molecule is Cc1cccc2oc(CCNC(=NCc3ccccc3)N(C)C)nc12. The molecule has 1 N–H and O–H groups in total. The Kier molecular flexibility index (Phi) is 5.33. The normalized spacial score (nSPS) is 11.7. The molecule has 25 heavy (non-hydrogen) atoms. The Morgan fingerprint density at radius 2 is 1.92 bits per heavy atom. The average Bonchev–Trinajstić information content (AvgIpc) is 3.03. The van der Waals surface area contributed by atoms with Gasteiger partial charge in [-0.1, -0.05) is 42.5 Å². The van der Waals surface area contributed by atoms with E-state index in [1.807, 2.05) is 62.3 Å². The zero-order valence-electron chi connectivity index (χ0n) is 15.0. The minimum Gasteiger partial charge on any atom is -0.441 e. The number of guanidine groups is 1. The van der Waals surface area contributed by atoms with Gasteiger partial charge in [0.15, 0.2) is 17.4 Å². The van der Waals surface area contributed by atoms with Crippen molar-refractivity contribution in [1.82, 2.24) is 15.2 Å². The van der Waals surface area contributed by atoms with Crippen LogP contribution in [0.1, 0.15) is 17.0 Å². The van der Waals surface area contributed by atoms with Gasteiger partial charge in [-0.3, -0.25) is 0 Å². The molecule has 0 unspecified atom stereocenters. The molecule has 0 radical (unpaired) electrons. The molecule has 5 heteroatoms. The van der Waals surface area contributed by atoms with Crippen LogP contribution in [0.15, 0.2) is 57.9 Å². The molecule has 0 bridgehead atoms. The molecule has 2 aromatic carbocycles. The molecule has 130 valence electrons. The summed E-state index contributed by atoms with van der Waals surface area (Å²) in [4.78, 5) is 11.2. The molecule has 3 rings (SSSR count). The van der Waals surface area contributed by atoms with Crippen LogP contribution in [-0.4, -0.2) is 36.5 Å². The number of nitrogens with zero attached hydrogens (tertiary/aromatic N) is 3. The molecule has 3 aromatic rings. The van der Waals surface area contributed by atoms with Gasteiger partial charge in [0.25, 0.3) is 0 Å². The number of fused-ring (bicyclic) bond motifs is 1. The van der Waals surface area contributed by atoms with E-state index in [4.69, 9.17) is 4.42 Å². The molecular weight excluding hydrogens is 312 g/mol. The van der Waals surface area contributed by atoms with Gasteiger partial charge in [0.05, 0.1) is 6.54 Å². The zero-order chi connectivity index (χ0) is 17.6. The second kappa shape index (κ2) is 7.83. The Labute approximate surface area is 148 Å². The van der Waals surface area contributed by atoms with Crippen LogP contribution in [0.25, 0.3) is 11.1 Å². The molecule has 5 nitrogen and oxygen atoms in total. The predicted octanol–water partition coefficient (Wildman–Crippen LogP) is 3.39. The van der Waals surface area contributed by atoms with E-state index in [0.717, 1.165) is 35.1 Å². The smallest absolute Gasteiger partial charge is 0.197 e. The lowest BCUT2D eigenvalue weighted by Gasteiger charge is -2.17. The predicted molar refractivity (Wildman–Crippen MR) is 102 cm³/mol. The second-order valence-electron chi connectivity index (χ2n) is 6.23. The molecule has 0 aliphatic carbocycles. The van der Waals surface area contributed by atoms with Crippen molar-refractivity contribution in [2.75, 3.05) is 20.6 Å². The van der Waals surface area contributed by atoms with Gasteiger partial charge in [-0.15, -0.1) is 0 Å². The summed E-state index contributed by atoms with van der Waals surface area (Å²) in [7, 11) is 3.97. The van der Waals surface area contributed by atoms with Crippen LogP contribution in [0.5, 0.6) is 0 Å². The molecule has 0 saturated heterocycles. The summed E-state index contributed by atoms with van der Waals surface area (Å²) in [5, 5.41) is 3.37. The largest absolute Gasteiger partial charge is 0.441 e. The fraction of sp³-hybridized carbons (Fsp3) is 0.300. The first-order valence-electron chi connectivity index (χ1n) is 8.48. The Morgan fingerprint density at radius 3 is 2.64 bits per heavy atom. The fourth-order valence-electron chi connectivity index (χ4n) is 2.63. The van der Waals surface area contributed by atoms with E-state index < -0.39 is 0 Å². The summed E-state index contributed by atoms with van der Waals surface area (Å²) < 4.78 is 5.82. The maximum absolute atomic E-state index is 5.82. The number of hydrogen-bond donors (Lipinski definition) is 1. The van der Waals surface area contributed by atoms with Crippen molar-refractivity contribution >= 4 is 17.1 Å². The summed E-state index contributed by atoms with van der Waals surface area (Å²) >= 11 is 0. The molecule has 0 atom stereocenters. The van der Waals surface area contributed by atoms with Crippen LogP contribution in [0.3, 0.4) is 0 Å². The van der Waals surface area contributed by atoms with Crippen molar-refractivity contribution in [3.05, 3.63) is 65.5 Å². The topological polar surface area (TPSA) is 53.7 Å². The second-order valence-corrected chi connectivity index (χ2v) is 6.23. The van der Waals surface area contributed by atoms with Crippen LogP contribution in [0, 0.1) is 6.92 Å². The first-order valence-corrected chi connectivity index (χ1v) is 8.48. The number of oxazole rings is 1. The molecule has 1 aromatic heterocycles. The van der Waals surface area contributed by atoms with E-state index in [9.17, 15) is 0 Å². The number of nitrogens with one attached hydrogen (secondary N) is 1. The van der Waals surface area contributed by atoms with Crippen molar-refractivity contribution in [3.8, 4) is 0 Å². The highest BCUT2D eigenvalue weighted by Gasteiger charge is 2.08. The maximum atomic E-state index is 5.82. The third-order valence-electron chi connectivity index (χ3n) is 3.96. The number of aryl methyl sites for hydroxylation is 1. The molecule has 0 aliphatic rings. The van der Waals surface area contributed by atoms with Gasteiger partial charge < -0.3 is 14.6 Å². The maximum Gasteiger partial charge on any atom is 0.197 e. The van der Waals surface area contributed by atoms with Gasteiger partial charge in [-0.25, -0.2) is 9.98 Å². The van der Waals surface area contributed by atoms with Gasteiger partial charge in [0.1, 0.15) is 5.52 Å². The standard InChI is InChI=1S/C20H24N4O/c1-15-8-7-11-17-19(15)23-18(25-17)12-13-21-20(24(2)3)22-14-16-9-5-4-6-10-16/h4-11H,12-14H2,1-3H3,(H,21,22). The third kappa shape index (κ3) is 4.38. The number of para-hydroxylation sites is 1. The van der Waals surface area contributed by atoms with E-state index in [1.165, 1.54) is 5.56 Å². The summed E-state index contributed by atoms with van der Waals surface area (Å²) in [5.41, 5.74) is 4.13. The van der Waals surface area contributed by atoms with Crippen molar-refractivity contribution in [3.63, 3.8) is 0 Å². The highest BCUT2D eigenvalue weighted by Crippen LogP contribution is 2.18. The number of benzene rings is 2. The summed E-state index contributed by atoms with van der Waals surface area (Å²) in [5.74, 6) is 1.61. The van der Waals surface area contributed by atoms with E-state index in [1.54, 1.807) is 0 Å². The highest BCUT2D eigenvalue weighted by atomic mass is 16.3. The van der Waals surface area contributed by atoms with Crippen molar-refractivity contribution in [2.24, 2.45) is 4.99 Å². The van der Waals surface area contributed by atoms with Crippen LogP contribution in [-0.2, 0) is 13.0 Å². The van der Waals surface area contributed by atoms with E-state index in [0.29, 0.717) is 13.0 Å². The minimum absolute atomic E-state index is 0.656. The first-order chi connectivity index (χ1) is 12.1. The fourth-order valence-corrected chi connectivity index (χ4v) is 2.63. The highest BCUT2D eigenvalue weighted by molar-refractivity contribution is 5.79. The monoisotopic (exact) mass is 336 g/mol. The first kappa shape index (κ1) is 17.0. The zero-order valence-corrected chi connectivity index (χ0v) is 15.0. The van der Waals surface area contributed by atoms with E-state index in [2.05, 4.69) is 27.4 Å². The van der Waals surface area contributed by atoms with E-state index in [-0.39, 0.29) is 0 Å². The van der Waals surface area contributed by atoms with Crippen LogP contribution < -0.4 is 5.32 Å². The Bertz CT molecular complexity index is 853. The summed E-state index contributed by atoms with van der Waals surface area (Å²) in [6, 6.07) is 16.2. The molecule has 0 aliphatic heterocycles. The molecule has 1 heterocycles. The lowest BCUT2D eigenvalue weighted by molar-refractivity contribution is 0.518. The minimum atomic E-state index is 0.656. The Morgan fingerprint density at radius 1 is 1.12 bits per heavy atom. The Hall–Kier alpha value is -2.82. The lowest BCUT2D eigenvalue weighted by Crippen LogP contribution is -2.37.